The molecule has 0 bridgehead atoms. The lowest BCUT2D eigenvalue weighted by Crippen LogP contribution is -3.00. The number of likely N-dealkylation sites (tertiary alicyclic amines) is 1. The molecule has 142 valence electrons. The zero-order valence-electron chi connectivity index (χ0n) is 14.9. The Bertz CT molecular complexity index is 647. The first-order valence-electron chi connectivity index (χ1n) is 9.02. The molecule has 0 spiro atoms. The normalized spacial score (nSPS) is 16.7. The van der Waals surface area contributed by atoms with Crippen LogP contribution in [0.25, 0.3) is 0 Å². The van der Waals surface area contributed by atoms with Crippen LogP contribution in [-0.4, -0.2) is 42.4 Å². The third-order valence-corrected chi connectivity index (χ3v) is 4.81. The molecular formula is C21H26ClFNO2-. The van der Waals surface area contributed by atoms with Gasteiger partial charge < -0.3 is 27.2 Å². The number of piperidine rings is 1. The van der Waals surface area contributed by atoms with Crippen molar-refractivity contribution < 1.29 is 26.6 Å². The highest BCUT2D eigenvalue weighted by atomic mass is 35.5. The Morgan fingerprint density at radius 1 is 1.04 bits per heavy atom. The van der Waals surface area contributed by atoms with E-state index in [0.717, 1.165) is 32.4 Å². The Morgan fingerprint density at radius 2 is 1.69 bits per heavy atom. The summed E-state index contributed by atoms with van der Waals surface area (Å²) < 4.78 is 18.9. The molecule has 1 heterocycles. The highest BCUT2D eigenvalue weighted by molar-refractivity contribution is 5.23. The molecule has 0 radical (unpaired) electrons. The zero-order chi connectivity index (χ0) is 17.5. The fourth-order valence-corrected chi connectivity index (χ4v) is 3.42. The second-order valence-electron chi connectivity index (χ2n) is 6.83. The molecule has 3 rings (SSSR count). The molecule has 1 atom stereocenters. The third kappa shape index (κ3) is 6.27. The number of aliphatic hydroxyl groups is 1. The number of benzene rings is 2. The summed E-state index contributed by atoms with van der Waals surface area (Å²) in [5, 5.41) is 10.2. The molecule has 0 saturated carbocycles. The molecule has 0 aromatic heterocycles. The Labute approximate surface area is 161 Å². The third-order valence-electron chi connectivity index (χ3n) is 4.81. The van der Waals surface area contributed by atoms with Crippen molar-refractivity contribution in [1.82, 2.24) is 4.90 Å². The van der Waals surface area contributed by atoms with E-state index in [1.165, 1.54) is 11.6 Å². The number of nitrogens with zero attached hydrogens (tertiary/aromatic N) is 1. The molecule has 1 aliphatic rings. The largest absolute Gasteiger partial charge is 1.00 e. The average Bonchev–Trinajstić information content (AvgIpc) is 2.64. The molecule has 1 saturated heterocycles. The van der Waals surface area contributed by atoms with Gasteiger partial charge in [-0.2, -0.15) is 0 Å². The van der Waals surface area contributed by atoms with Crippen molar-refractivity contribution in [2.75, 3.05) is 26.2 Å². The second-order valence-corrected chi connectivity index (χ2v) is 6.83. The number of β-amino-alcohol motifs (C(OH)–C–C–N with tert-alkyl or cyclic N) is 1. The lowest BCUT2D eigenvalue weighted by atomic mass is 9.90. The summed E-state index contributed by atoms with van der Waals surface area (Å²) in [5.74, 6) is 0.519. The number of para-hydroxylation sites is 1. The summed E-state index contributed by atoms with van der Waals surface area (Å²) in [4.78, 5) is 2.27. The minimum absolute atomic E-state index is 0. The molecule has 26 heavy (non-hydrogen) atoms. The van der Waals surface area contributed by atoms with E-state index >= 15 is 0 Å². The van der Waals surface area contributed by atoms with Gasteiger partial charge in [0.2, 0.25) is 0 Å². The zero-order valence-corrected chi connectivity index (χ0v) is 15.6. The molecule has 1 N–H and O–H groups in total. The highest BCUT2D eigenvalue weighted by Crippen LogP contribution is 2.22. The summed E-state index contributed by atoms with van der Waals surface area (Å²) in [6.07, 6.45) is 2.82. The maximum atomic E-state index is 13.5. The van der Waals surface area contributed by atoms with Gasteiger partial charge in [-0.15, -0.1) is 0 Å². The van der Waals surface area contributed by atoms with Gasteiger partial charge >= 0.3 is 0 Å². The van der Waals surface area contributed by atoms with Crippen molar-refractivity contribution in [3.63, 3.8) is 0 Å². The van der Waals surface area contributed by atoms with Crippen molar-refractivity contribution in [1.29, 1.82) is 0 Å². The van der Waals surface area contributed by atoms with E-state index in [9.17, 15) is 9.50 Å². The maximum Gasteiger partial charge on any atom is 0.165 e. The summed E-state index contributed by atoms with van der Waals surface area (Å²) in [7, 11) is 0. The van der Waals surface area contributed by atoms with Gasteiger partial charge in [-0.1, -0.05) is 42.5 Å². The van der Waals surface area contributed by atoms with Crippen LogP contribution in [0.15, 0.2) is 54.6 Å². The Morgan fingerprint density at radius 3 is 2.38 bits per heavy atom. The van der Waals surface area contributed by atoms with E-state index in [4.69, 9.17) is 4.74 Å². The van der Waals surface area contributed by atoms with E-state index in [1.54, 1.807) is 18.2 Å². The summed E-state index contributed by atoms with van der Waals surface area (Å²) >= 11 is 0. The SMILES string of the molecule is OC(COc1ccccc1F)CN1CCC(Cc2ccccc2)CC1.[Cl-]. The predicted molar refractivity (Wildman–Crippen MR) is 97.2 cm³/mol. The van der Waals surface area contributed by atoms with Gasteiger partial charge in [0, 0.05) is 6.54 Å². The first kappa shape index (κ1) is 20.7. The minimum Gasteiger partial charge on any atom is -1.00 e. The molecule has 1 fully saturated rings. The van der Waals surface area contributed by atoms with Crippen LogP contribution in [0.5, 0.6) is 5.75 Å². The van der Waals surface area contributed by atoms with Crippen LogP contribution in [0.1, 0.15) is 18.4 Å². The number of hydrogen-bond acceptors (Lipinski definition) is 3. The summed E-state index contributed by atoms with van der Waals surface area (Å²) in [5.41, 5.74) is 1.40. The van der Waals surface area contributed by atoms with Crippen LogP contribution in [0.3, 0.4) is 0 Å². The number of halogens is 2. The monoisotopic (exact) mass is 378 g/mol. The molecule has 3 nitrogen and oxygen atoms in total. The topological polar surface area (TPSA) is 32.7 Å². The van der Waals surface area contributed by atoms with Crippen LogP contribution in [0.4, 0.5) is 4.39 Å². The molecule has 0 aliphatic carbocycles. The first-order valence-corrected chi connectivity index (χ1v) is 9.02. The Kier molecular flexibility index (Phi) is 8.36. The Hall–Kier alpha value is -1.62. The molecule has 1 unspecified atom stereocenters. The average molecular weight is 379 g/mol. The van der Waals surface area contributed by atoms with E-state index in [0.29, 0.717) is 12.5 Å². The number of ether oxygens (including phenoxy) is 1. The van der Waals surface area contributed by atoms with Crippen LogP contribution in [0, 0.1) is 11.7 Å². The standard InChI is InChI=1S/C21H26FNO2.ClH/c22-20-8-4-5-9-21(20)25-16-19(24)15-23-12-10-18(11-13-23)14-17-6-2-1-3-7-17;/h1-9,18-19,24H,10-16H2;1H/p-1. The van der Waals surface area contributed by atoms with Crippen LogP contribution >= 0.6 is 0 Å². The van der Waals surface area contributed by atoms with Gasteiger partial charge in [0.25, 0.3) is 0 Å². The Balaban J connectivity index is 0.00000243. The van der Waals surface area contributed by atoms with E-state index < -0.39 is 11.9 Å². The lowest BCUT2D eigenvalue weighted by molar-refractivity contribution is -0.00000802. The molecule has 1 aliphatic heterocycles. The molecule has 2 aromatic rings. The van der Waals surface area contributed by atoms with Crippen LogP contribution in [-0.2, 0) is 6.42 Å². The summed E-state index contributed by atoms with van der Waals surface area (Å²) in [6, 6.07) is 16.9. The number of rotatable bonds is 7. The number of aliphatic hydroxyl groups excluding tert-OH is 1. The second kappa shape index (κ2) is 10.5. The van der Waals surface area contributed by atoms with Gasteiger partial charge in [0.05, 0.1) is 0 Å². The van der Waals surface area contributed by atoms with Crippen molar-refractivity contribution in [2.45, 2.75) is 25.4 Å². The molecule has 2 aromatic carbocycles. The fraction of sp³-hybridized carbons (Fsp3) is 0.429. The minimum atomic E-state index is -0.606. The van der Waals surface area contributed by atoms with Crippen molar-refractivity contribution in [3.05, 3.63) is 66.0 Å². The van der Waals surface area contributed by atoms with E-state index in [2.05, 4.69) is 35.2 Å². The van der Waals surface area contributed by atoms with Crippen molar-refractivity contribution in [3.8, 4) is 5.75 Å². The molecule has 5 heteroatoms. The summed E-state index contributed by atoms with van der Waals surface area (Å²) in [6.45, 7) is 2.68. The van der Waals surface area contributed by atoms with Gasteiger partial charge in [-0.25, -0.2) is 4.39 Å². The van der Waals surface area contributed by atoms with Gasteiger partial charge in [-0.3, -0.25) is 0 Å². The van der Waals surface area contributed by atoms with E-state index in [-0.39, 0.29) is 24.8 Å². The molecule has 0 amide bonds. The van der Waals surface area contributed by atoms with Gasteiger partial charge in [0.15, 0.2) is 11.6 Å². The fourth-order valence-electron chi connectivity index (χ4n) is 3.42. The van der Waals surface area contributed by atoms with Crippen LogP contribution < -0.4 is 17.1 Å². The van der Waals surface area contributed by atoms with Crippen molar-refractivity contribution in [2.24, 2.45) is 5.92 Å². The maximum absolute atomic E-state index is 13.5. The number of hydrogen-bond donors (Lipinski definition) is 1. The van der Waals surface area contributed by atoms with Gasteiger partial charge in [0.1, 0.15) is 12.7 Å². The lowest BCUT2D eigenvalue weighted by Gasteiger charge is -2.33. The highest BCUT2D eigenvalue weighted by Gasteiger charge is 2.21. The van der Waals surface area contributed by atoms with Gasteiger partial charge in [-0.05, 0) is 56.0 Å². The smallest absolute Gasteiger partial charge is 0.165 e. The predicted octanol–water partition coefficient (Wildman–Crippen LogP) is 0.524. The quantitative estimate of drug-likeness (QED) is 0.762. The van der Waals surface area contributed by atoms with E-state index in [1.807, 2.05) is 0 Å². The van der Waals surface area contributed by atoms with Crippen LogP contribution in [0.2, 0.25) is 0 Å². The first-order chi connectivity index (χ1) is 12.2. The molecular weight excluding hydrogens is 353 g/mol. The van der Waals surface area contributed by atoms with Crippen molar-refractivity contribution >= 4 is 0 Å².